The molecule has 9 nitrogen and oxygen atoms in total. The quantitative estimate of drug-likeness (QED) is 0.777. The summed E-state index contributed by atoms with van der Waals surface area (Å²) < 4.78 is 27.6. The fourth-order valence-corrected chi connectivity index (χ4v) is 4.46. The van der Waals surface area contributed by atoms with Crippen LogP contribution in [0.15, 0.2) is 29.1 Å². The zero-order chi connectivity index (χ0) is 17.5. The van der Waals surface area contributed by atoms with E-state index in [1.807, 2.05) is 0 Å². The zero-order valence-corrected chi connectivity index (χ0v) is 13.7. The SMILES string of the molecule is Cc1ccccc1CS(=O)(=O)N1Cc2n[nH]c(=O)n2CC1C(=O)O. The van der Waals surface area contributed by atoms with E-state index in [0.717, 1.165) is 14.4 Å². The first-order valence-electron chi connectivity index (χ1n) is 7.20. The number of aromatic amines is 1. The van der Waals surface area contributed by atoms with Crippen molar-refractivity contribution in [3.05, 3.63) is 51.7 Å². The molecular weight excluding hydrogens is 336 g/mol. The molecule has 1 aromatic heterocycles. The predicted octanol–water partition coefficient (Wildman–Crippen LogP) is -0.321. The fraction of sp³-hybridized carbons (Fsp3) is 0.357. The van der Waals surface area contributed by atoms with Crippen molar-refractivity contribution in [3.8, 4) is 0 Å². The number of nitrogens with one attached hydrogen (secondary N) is 1. The van der Waals surface area contributed by atoms with Crippen molar-refractivity contribution in [2.45, 2.75) is 31.8 Å². The molecule has 1 aliphatic heterocycles. The topological polar surface area (TPSA) is 125 Å². The van der Waals surface area contributed by atoms with Crippen molar-refractivity contribution in [2.24, 2.45) is 0 Å². The van der Waals surface area contributed by atoms with E-state index in [-0.39, 0.29) is 24.7 Å². The van der Waals surface area contributed by atoms with Crippen molar-refractivity contribution in [1.82, 2.24) is 19.1 Å². The number of nitrogens with zero attached hydrogens (tertiary/aromatic N) is 3. The van der Waals surface area contributed by atoms with Gasteiger partial charge in [-0.05, 0) is 18.1 Å². The highest BCUT2D eigenvalue weighted by atomic mass is 32.2. The maximum Gasteiger partial charge on any atom is 0.343 e. The molecule has 2 N–H and O–H groups in total. The van der Waals surface area contributed by atoms with Gasteiger partial charge in [-0.15, -0.1) is 0 Å². The summed E-state index contributed by atoms with van der Waals surface area (Å²) in [4.78, 5) is 23.1. The zero-order valence-electron chi connectivity index (χ0n) is 12.8. The highest BCUT2D eigenvalue weighted by Crippen LogP contribution is 2.22. The predicted molar refractivity (Wildman–Crippen MR) is 83.6 cm³/mol. The first-order valence-corrected chi connectivity index (χ1v) is 8.81. The Morgan fingerprint density at radius 2 is 2.12 bits per heavy atom. The number of aliphatic carboxylic acids is 1. The molecule has 0 bridgehead atoms. The molecule has 0 fully saturated rings. The molecule has 1 atom stereocenters. The van der Waals surface area contributed by atoms with E-state index < -0.39 is 27.7 Å². The number of fused-ring (bicyclic) bond motifs is 1. The van der Waals surface area contributed by atoms with Crippen LogP contribution in [0.3, 0.4) is 0 Å². The summed E-state index contributed by atoms with van der Waals surface area (Å²) >= 11 is 0. The van der Waals surface area contributed by atoms with E-state index in [1.54, 1.807) is 31.2 Å². The lowest BCUT2D eigenvalue weighted by molar-refractivity contribution is -0.142. The summed E-state index contributed by atoms with van der Waals surface area (Å²) in [7, 11) is -3.90. The largest absolute Gasteiger partial charge is 0.480 e. The fourth-order valence-electron chi connectivity index (χ4n) is 2.72. The molecule has 2 heterocycles. The van der Waals surface area contributed by atoms with Gasteiger partial charge >= 0.3 is 11.7 Å². The highest BCUT2D eigenvalue weighted by molar-refractivity contribution is 7.88. The molecule has 1 aliphatic rings. The third kappa shape index (κ3) is 2.85. The molecular formula is C14H16N4O5S. The van der Waals surface area contributed by atoms with Crippen LogP contribution in [0, 0.1) is 6.92 Å². The summed E-state index contributed by atoms with van der Waals surface area (Å²) in [6, 6.07) is 5.67. The first kappa shape index (κ1) is 16.4. The van der Waals surface area contributed by atoms with Crippen LogP contribution < -0.4 is 5.69 Å². The van der Waals surface area contributed by atoms with Gasteiger partial charge in [0, 0.05) is 0 Å². The Hall–Kier alpha value is -2.46. The van der Waals surface area contributed by atoms with Gasteiger partial charge in [0.05, 0.1) is 18.8 Å². The molecule has 1 aromatic carbocycles. The van der Waals surface area contributed by atoms with E-state index in [1.165, 1.54) is 0 Å². The summed E-state index contributed by atoms with van der Waals surface area (Å²) in [5.41, 5.74) is 0.862. The average molecular weight is 352 g/mol. The summed E-state index contributed by atoms with van der Waals surface area (Å²) in [5.74, 6) is -1.41. The number of aryl methyl sites for hydroxylation is 1. The molecule has 0 spiro atoms. The van der Waals surface area contributed by atoms with Gasteiger partial charge in [0.15, 0.2) is 0 Å². The van der Waals surface area contributed by atoms with Gasteiger partial charge in [0.25, 0.3) is 0 Å². The lowest BCUT2D eigenvalue weighted by Crippen LogP contribution is -2.52. The Morgan fingerprint density at radius 1 is 1.42 bits per heavy atom. The molecule has 1 unspecified atom stereocenters. The molecule has 0 amide bonds. The molecule has 0 radical (unpaired) electrons. The van der Waals surface area contributed by atoms with Crippen molar-refractivity contribution in [2.75, 3.05) is 0 Å². The molecule has 2 aromatic rings. The molecule has 128 valence electrons. The average Bonchev–Trinajstić information content (AvgIpc) is 2.89. The number of carboxylic acid groups (broad SMARTS) is 1. The lowest BCUT2D eigenvalue weighted by Gasteiger charge is -2.31. The molecule has 0 aliphatic carbocycles. The maximum absolute atomic E-state index is 12.8. The molecule has 0 saturated heterocycles. The number of aromatic nitrogens is 3. The van der Waals surface area contributed by atoms with Crippen LogP contribution in [0.1, 0.15) is 17.0 Å². The van der Waals surface area contributed by atoms with Gasteiger partial charge in [0.2, 0.25) is 10.0 Å². The summed E-state index contributed by atoms with van der Waals surface area (Å²) in [5, 5.41) is 15.4. The minimum absolute atomic E-state index is 0.200. The Balaban J connectivity index is 1.98. The van der Waals surface area contributed by atoms with Gasteiger partial charge in [0.1, 0.15) is 11.9 Å². The van der Waals surface area contributed by atoms with Crippen LogP contribution in [-0.2, 0) is 33.7 Å². The minimum Gasteiger partial charge on any atom is -0.480 e. The van der Waals surface area contributed by atoms with Crippen LogP contribution in [0.4, 0.5) is 0 Å². The van der Waals surface area contributed by atoms with Gasteiger partial charge in [-0.25, -0.2) is 18.3 Å². The van der Waals surface area contributed by atoms with Gasteiger partial charge in [-0.2, -0.15) is 9.40 Å². The second-order valence-electron chi connectivity index (χ2n) is 5.64. The number of sulfonamides is 1. The van der Waals surface area contributed by atoms with E-state index >= 15 is 0 Å². The normalized spacial score (nSPS) is 18.3. The standard InChI is InChI=1S/C14H16N4O5S/c1-9-4-2-3-5-10(9)8-24(22,23)18-7-12-15-16-14(21)17(12)6-11(18)13(19)20/h2-5,11H,6-8H2,1H3,(H,16,21)(H,19,20). The van der Waals surface area contributed by atoms with Gasteiger partial charge in [-0.3, -0.25) is 9.36 Å². The minimum atomic E-state index is -3.90. The van der Waals surface area contributed by atoms with E-state index in [0.29, 0.717) is 5.56 Å². The van der Waals surface area contributed by atoms with Gasteiger partial charge < -0.3 is 5.11 Å². The van der Waals surface area contributed by atoms with Crippen LogP contribution in [0.5, 0.6) is 0 Å². The molecule has 24 heavy (non-hydrogen) atoms. The highest BCUT2D eigenvalue weighted by Gasteiger charge is 2.40. The Labute approximate surface area is 137 Å². The monoisotopic (exact) mass is 352 g/mol. The van der Waals surface area contributed by atoms with Crippen molar-refractivity contribution in [1.29, 1.82) is 0 Å². The molecule has 0 saturated carbocycles. The van der Waals surface area contributed by atoms with Crippen LogP contribution >= 0.6 is 0 Å². The molecule has 10 heteroatoms. The number of H-pyrrole nitrogens is 1. The summed E-state index contributed by atoms with van der Waals surface area (Å²) in [6.45, 7) is 1.26. The van der Waals surface area contributed by atoms with Crippen LogP contribution in [-0.4, -0.2) is 44.6 Å². The Morgan fingerprint density at radius 3 is 2.79 bits per heavy atom. The van der Waals surface area contributed by atoms with Crippen LogP contribution in [0.2, 0.25) is 0 Å². The van der Waals surface area contributed by atoms with Gasteiger partial charge in [-0.1, -0.05) is 24.3 Å². The van der Waals surface area contributed by atoms with E-state index in [9.17, 15) is 23.1 Å². The number of carboxylic acids is 1. The smallest absolute Gasteiger partial charge is 0.343 e. The number of rotatable bonds is 4. The van der Waals surface area contributed by atoms with E-state index in [4.69, 9.17) is 0 Å². The third-order valence-corrected chi connectivity index (χ3v) is 5.85. The van der Waals surface area contributed by atoms with Crippen molar-refractivity contribution in [3.63, 3.8) is 0 Å². The number of carbonyl (C=O) groups is 1. The number of hydrogen-bond donors (Lipinski definition) is 2. The molecule has 3 rings (SSSR count). The van der Waals surface area contributed by atoms with Crippen molar-refractivity contribution >= 4 is 16.0 Å². The summed E-state index contributed by atoms with van der Waals surface area (Å²) in [6.07, 6.45) is 0. The third-order valence-electron chi connectivity index (χ3n) is 4.08. The first-order chi connectivity index (χ1) is 11.3. The number of hydrogen-bond acceptors (Lipinski definition) is 5. The van der Waals surface area contributed by atoms with Crippen LogP contribution in [0.25, 0.3) is 0 Å². The van der Waals surface area contributed by atoms with E-state index in [2.05, 4.69) is 10.2 Å². The van der Waals surface area contributed by atoms with Crippen molar-refractivity contribution < 1.29 is 18.3 Å². The Bertz CT molecular complexity index is 946. The number of benzene rings is 1. The lowest BCUT2D eigenvalue weighted by atomic mass is 10.1. The second kappa shape index (κ2) is 5.87. The maximum atomic E-state index is 12.8. The second-order valence-corrected chi connectivity index (χ2v) is 7.56. The Kier molecular flexibility index (Phi) is 4.01.